The number of nitriles is 1. The highest BCUT2D eigenvalue weighted by Crippen LogP contribution is 2.35. The Kier molecular flexibility index (Phi) is 2.49. The first-order chi connectivity index (χ1) is 9.85. The van der Waals surface area contributed by atoms with Crippen LogP contribution in [0.5, 0.6) is 0 Å². The number of nitrogens with one attached hydrogen (secondary N) is 2. The van der Waals surface area contributed by atoms with E-state index in [4.69, 9.17) is 10.2 Å². The van der Waals surface area contributed by atoms with E-state index in [1.165, 1.54) is 0 Å². The maximum absolute atomic E-state index is 8.97. The highest BCUT2D eigenvalue weighted by atomic mass is 15.0. The molecule has 0 radical (unpaired) electrons. The number of fused-ring (bicyclic) bond motifs is 3. The number of aromatic amines is 2. The summed E-state index contributed by atoms with van der Waals surface area (Å²) in [4.78, 5) is 15.7. The Balaban J connectivity index is 1.72. The topological polar surface area (TPSA) is 81.2 Å². The van der Waals surface area contributed by atoms with Crippen LogP contribution < -0.4 is 0 Å². The molecule has 1 fully saturated rings. The van der Waals surface area contributed by atoms with E-state index in [2.05, 4.69) is 21.0 Å². The Morgan fingerprint density at radius 1 is 1.25 bits per heavy atom. The lowest BCUT2D eigenvalue weighted by Crippen LogP contribution is -2.12. The quantitative estimate of drug-likeness (QED) is 0.708. The van der Waals surface area contributed by atoms with Gasteiger partial charge < -0.3 is 9.97 Å². The van der Waals surface area contributed by atoms with E-state index in [9.17, 15) is 0 Å². The standard InChI is InChI=1S/C15H15N5/c16-7-9-1-3-10(4-2-9)14-19-12-8-18-15-11(5-6-17-15)13(12)20-14/h5-6,8-10H,1-4H2,(H,17,18)(H,19,20). The van der Waals surface area contributed by atoms with Gasteiger partial charge in [-0.2, -0.15) is 5.26 Å². The predicted molar refractivity (Wildman–Crippen MR) is 76.1 cm³/mol. The summed E-state index contributed by atoms with van der Waals surface area (Å²) in [6.07, 6.45) is 7.78. The van der Waals surface area contributed by atoms with Gasteiger partial charge in [0.05, 0.1) is 17.8 Å². The van der Waals surface area contributed by atoms with Crippen molar-refractivity contribution >= 4 is 22.1 Å². The van der Waals surface area contributed by atoms with Gasteiger partial charge in [-0.15, -0.1) is 0 Å². The number of nitrogens with zero attached hydrogens (tertiary/aromatic N) is 3. The Morgan fingerprint density at radius 2 is 2.10 bits per heavy atom. The molecule has 4 rings (SSSR count). The lowest BCUT2D eigenvalue weighted by atomic mass is 9.82. The van der Waals surface area contributed by atoms with Crippen LogP contribution in [0.4, 0.5) is 0 Å². The summed E-state index contributed by atoms with van der Waals surface area (Å²) >= 11 is 0. The SMILES string of the molecule is N#CC1CCC(c2nc3c(cnc4[nH]ccc43)[nH]2)CC1. The van der Waals surface area contributed by atoms with Crippen molar-refractivity contribution in [1.29, 1.82) is 5.26 Å². The van der Waals surface area contributed by atoms with Crippen molar-refractivity contribution in [3.05, 3.63) is 24.3 Å². The highest BCUT2D eigenvalue weighted by Gasteiger charge is 2.24. The van der Waals surface area contributed by atoms with Gasteiger partial charge in [-0.05, 0) is 31.7 Å². The minimum Gasteiger partial charge on any atom is -0.346 e. The van der Waals surface area contributed by atoms with Crippen molar-refractivity contribution in [3.8, 4) is 6.07 Å². The van der Waals surface area contributed by atoms with E-state index >= 15 is 0 Å². The van der Waals surface area contributed by atoms with Gasteiger partial charge in [0.1, 0.15) is 17.0 Å². The van der Waals surface area contributed by atoms with Crippen LogP contribution >= 0.6 is 0 Å². The molecule has 3 aromatic heterocycles. The number of hydrogen-bond acceptors (Lipinski definition) is 3. The largest absolute Gasteiger partial charge is 0.346 e. The second-order valence-electron chi connectivity index (χ2n) is 5.56. The van der Waals surface area contributed by atoms with Gasteiger partial charge in [-0.1, -0.05) is 0 Å². The summed E-state index contributed by atoms with van der Waals surface area (Å²) in [5.41, 5.74) is 2.87. The molecule has 5 heteroatoms. The number of imidazole rings is 1. The summed E-state index contributed by atoms with van der Waals surface area (Å²) in [6, 6.07) is 4.39. The average Bonchev–Trinajstić information content (AvgIpc) is 3.12. The molecular weight excluding hydrogens is 250 g/mol. The predicted octanol–water partition coefficient (Wildman–Crippen LogP) is 3.24. The van der Waals surface area contributed by atoms with Crippen LogP contribution in [0.25, 0.3) is 22.1 Å². The third-order valence-corrected chi connectivity index (χ3v) is 4.35. The molecule has 3 aromatic rings. The molecule has 5 nitrogen and oxygen atoms in total. The maximum atomic E-state index is 8.97. The smallest absolute Gasteiger partial charge is 0.139 e. The number of hydrogen-bond donors (Lipinski definition) is 2. The molecule has 1 aliphatic carbocycles. The number of rotatable bonds is 1. The van der Waals surface area contributed by atoms with E-state index in [0.29, 0.717) is 5.92 Å². The van der Waals surface area contributed by atoms with Crippen LogP contribution in [0.2, 0.25) is 0 Å². The molecule has 0 unspecified atom stereocenters. The first-order valence-electron chi connectivity index (χ1n) is 7.06. The lowest BCUT2D eigenvalue weighted by Gasteiger charge is -2.22. The molecule has 0 spiro atoms. The molecule has 0 amide bonds. The lowest BCUT2D eigenvalue weighted by molar-refractivity contribution is 0.374. The number of pyridine rings is 1. The van der Waals surface area contributed by atoms with E-state index in [-0.39, 0.29) is 5.92 Å². The Morgan fingerprint density at radius 3 is 2.90 bits per heavy atom. The molecule has 0 saturated heterocycles. The van der Waals surface area contributed by atoms with Gasteiger partial charge in [0.25, 0.3) is 0 Å². The van der Waals surface area contributed by atoms with E-state index in [1.807, 2.05) is 18.5 Å². The fourth-order valence-electron chi connectivity index (χ4n) is 3.18. The van der Waals surface area contributed by atoms with E-state index in [1.54, 1.807) is 0 Å². The molecule has 20 heavy (non-hydrogen) atoms. The normalized spacial score (nSPS) is 23.1. The molecule has 2 N–H and O–H groups in total. The molecule has 100 valence electrons. The highest BCUT2D eigenvalue weighted by molar-refractivity contribution is 6.00. The zero-order valence-electron chi connectivity index (χ0n) is 11.1. The minimum atomic E-state index is 0.230. The van der Waals surface area contributed by atoms with Crippen LogP contribution in [-0.4, -0.2) is 19.9 Å². The summed E-state index contributed by atoms with van der Waals surface area (Å²) < 4.78 is 0. The van der Waals surface area contributed by atoms with Gasteiger partial charge in [0.2, 0.25) is 0 Å². The zero-order chi connectivity index (χ0) is 13.5. The second kappa shape index (κ2) is 4.34. The van der Waals surface area contributed by atoms with Crippen LogP contribution in [0.3, 0.4) is 0 Å². The number of H-pyrrole nitrogens is 2. The minimum absolute atomic E-state index is 0.230. The Bertz CT molecular complexity index is 798. The van der Waals surface area contributed by atoms with Gasteiger partial charge in [0.15, 0.2) is 0 Å². The number of aromatic nitrogens is 4. The first-order valence-corrected chi connectivity index (χ1v) is 7.06. The van der Waals surface area contributed by atoms with Crippen LogP contribution in [-0.2, 0) is 0 Å². The fraction of sp³-hybridized carbons (Fsp3) is 0.400. The monoisotopic (exact) mass is 265 g/mol. The second-order valence-corrected chi connectivity index (χ2v) is 5.56. The molecule has 0 aliphatic heterocycles. The average molecular weight is 265 g/mol. The van der Waals surface area contributed by atoms with Crippen LogP contribution in [0, 0.1) is 17.2 Å². The molecule has 0 atom stereocenters. The third-order valence-electron chi connectivity index (χ3n) is 4.35. The van der Waals surface area contributed by atoms with Crippen molar-refractivity contribution in [3.63, 3.8) is 0 Å². The molecule has 0 aromatic carbocycles. The summed E-state index contributed by atoms with van der Waals surface area (Å²) in [6.45, 7) is 0. The van der Waals surface area contributed by atoms with Crippen LogP contribution in [0.1, 0.15) is 37.4 Å². The molecule has 3 heterocycles. The van der Waals surface area contributed by atoms with Gasteiger partial charge in [-0.25, -0.2) is 9.97 Å². The first kappa shape index (κ1) is 11.5. The van der Waals surface area contributed by atoms with E-state index in [0.717, 1.165) is 53.6 Å². The summed E-state index contributed by atoms with van der Waals surface area (Å²) in [5.74, 6) is 1.72. The molecular formula is C15H15N5. The van der Waals surface area contributed by atoms with Crippen molar-refractivity contribution in [2.75, 3.05) is 0 Å². The van der Waals surface area contributed by atoms with E-state index < -0.39 is 0 Å². The summed E-state index contributed by atoms with van der Waals surface area (Å²) in [5, 5.41) is 10.0. The van der Waals surface area contributed by atoms with Gasteiger partial charge >= 0.3 is 0 Å². The summed E-state index contributed by atoms with van der Waals surface area (Å²) in [7, 11) is 0. The third kappa shape index (κ3) is 1.68. The van der Waals surface area contributed by atoms with Crippen molar-refractivity contribution in [2.45, 2.75) is 31.6 Å². The fourth-order valence-corrected chi connectivity index (χ4v) is 3.18. The molecule has 1 aliphatic rings. The maximum Gasteiger partial charge on any atom is 0.139 e. The Hall–Kier alpha value is -2.35. The van der Waals surface area contributed by atoms with Crippen molar-refractivity contribution < 1.29 is 0 Å². The van der Waals surface area contributed by atoms with Gasteiger partial charge in [-0.3, -0.25) is 0 Å². The Labute approximate surface area is 116 Å². The van der Waals surface area contributed by atoms with Gasteiger partial charge in [0, 0.05) is 23.4 Å². The van der Waals surface area contributed by atoms with Crippen molar-refractivity contribution in [1.82, 2.24) is 19.9 Å². The molecule has 1 saturated carbocycles. The van der Waals surface area contributed by atoms with Crippen LogP contribution in [0.15, 0.2) is 18.5 Å². The molecule has 0 bridgehead atoms. The zero-order valence-corrected chi connectivity index (χ0v) is 11.1. The van der Waals surface area contributed by atoms with Crippen molar-refractivity contribution in [2.24, 2.45) is 5.92 Å².